The van der Waals surface area contributed by atoms with Crippen LogP contribution in [0.4, 0.5) is 5.69 Å². The molecule has 0 atom stereocenters. The molecule has 1 aromatic carbocycles. The molecular formula is C20H24N2O4. The summed E-state index contributed by atoms with van der Waals surface area (Å²) in [6, 6.07) is 8.42. The Balaban J connectivity index is 1.69. The summed E-state index contributed by atoms with van der Waals surface area (Å²) in [6.45, 7) is 4.11. The number of rotatable bonds is 5. The monoisotopic (exact) mass is 356 g/mol. The summed E-state index contributed by atoms with van der Waals surface area (Å²) in [5, 5.41) is 10.7. The Hall–Kier alpha value is -2.63. The van der Waals surface area contributed by atoms with E-state index in [1.807, 2.05) is 19.9 Å². The minimum atomic E-state index is -0.449. The van der Waals surface area contributed by atoms with Gasteiger partial charge in [-0.15, -0.1) is 0 Å². The van der Waals surface area contributed by atoms with E-state index in [2.05, 4.69) is 4.57 Å². The van der Waals surface area contributed by atoms with E-state index in [9.17, 15) is 14.9 Å². The number of hydrogen-bond acceptors (Lipinski definition) is 4. The van der Waals surface area contributed by atoms with Crippen LogP contribution in [0.15, 0.2) is 30.3 Å². The van der Waals surface area contributed by atoms with Crippen LogP contribution in [0.25, 0.3) is 0 Å². The Bertz CT molecular complexity index is 802. The van der Waals surface area contributed by atoms with E-state index in [0.29, 0.717) is 11.6 Å². The van der Waals surface area contributed by atoms with Crippen LogP contribution in [0.2, 0.25) is 0 Å². The van der Waals surface area contributed by atoms with Gasteiger partial charge in [-0.2, -0.15) is 0 Å². The molecule has 0 amide bonds. The van der Waals surface area contributed by atoms with Gasteiger partial charge in [0.05, 0.1) is 10.5 Å². The lowest BCUT2D eigenvalue weighted by Gasteiger charge is -2.26. The molecule has 1 fully saturated rings. The maximum Gasteiger partial charge on any atom is 0.340 e. The number of nitro groups is 1. The first-order valence-electron chi connectivity index (χ1n) is 9.06. The molecule has 1 saturated carbocycles. The number of carbonyl (C=O) groups is 1. The predicted molar refractivity (Wildman–Crippen MR) is 98.2 cm³/mol. The zero-order valence-corrected chi connectivity index (χ0v) is 15.2. The van der Waals surface area contributed by atoms with E-state index >= 15 is 0 Å². The summed E-state index contributed by atoms with van der Waals surface area (Å²) in [4.78, 5) is 22.8. The number of non-ortho nitro benzene ring substituents is 1. The zero-order chi connectivity index (χ0) is 18.7. The molecule has 0 N–H and O–H groups in total. The maximum absolute atomic E-state index is 12.5. The van der Waals surface area contributed by atoms with Gasteiger partial charge in [-0.05, 0) is 50.5 Å². The van der Waals surface area contributed by atoms with Crippen molar-refractivity contribution in [2.45, 2.75) is 58.6 Å². The van der Waals surface area contributed by atoms with Crippen LogP contribution in [0.1, 0.15) is 65.5 Å². The molecule has 6 heteroatoms. The number of esters is 1. The van der Waals surface area contributed by atoms with E-state index in [0.717, 1.165) is 29.8 Å². The van der Waals surface area contributed by atoms with Crippen LogP contribution in [-0.4, -0.2) is 15.5 Å². The van der Waals surface area contributed by atoms with Crippen LogP contribution in [0.3, 0.4) is 0 Å². The molecule has 1 aliphatic carbocycles. The molecule has 0 saturated heterocycles. The van der Waals surface area contributed by atoms with Gasteiger partial charge in [0.2, 0.25) is 0 Å². The molecule has 0 bridgehead atoms. The average molecular weight is 356 g/mol. The first-order valence-corrected chi connectivity index (χ1v) is 9.06. The molecule has 26 heavy (non-hydrogen) atoms. The quantitative estimate of drug-likeness (QED) is 0.435. The summed E-state index contributed by atoms with van der Waals surface area (Å²) in [7, 11) is 0. The Kier molecular flexibility index (Phi) is 5.40. The molecule has 6 nitrogen and oxygen atoms in total. The van der Waals surface area contributed by atoms with Crippen molar-refractivity contribution in [2.24, 2.45) is 0 Å². The largest absolute Gasteiger partial charge is 0.457 e. The molecule has 0 aliphatic heterocycles. The van der Waals surface area contributed by atoms with Crippen molar-refractivity contribution in [1.82, 2.24) is 4.57 Å². The van der Waals surface area contributed by atoms with Gasteiger partial charge in [0.25, 0.3) is 5.69 Å². The topological polar surface area (TPSA) is 74.4 Å². The van der Waals surface area contributed by atoms with Crippen molar-refractivity contribution in [2.75, 3.05) is 0 Å². The number of hydrogen-bond donors (Lipinski definition) is 0. The van der Waals surface area contributed by atoms with Crippen LogP contribution in [0, 0.1) is 24.0 Å². The fraction of sp³-hybridized carbons (Fsp3) is 0.450. The molecule has 1 aliphatic rings. The maximum atomic E-state index is 12.5. The zero-order valence-electron chi connectivity index (χ0n) is 15.2. The number of carbonyl (C=O) groups excluding carboxylic acids is 1. The third-order valence-corrected chi connectivity index (χ3v) is 5.16. The Morgan fingerprint density at radius 3 is 2.46 bits per heavy atom. The number of aromatic nitrogens is 1. The second-order valence-corrected chi connectivity index (χ2v) is 6.95. The SMILES string of the molecule is Cc1cc(C(=O)OCc2ccc([N+](=O)[O-])cc2)c(C)n1C1CCCCC1. The summed E-state index contributed by atoms with van der Waals surface area (Å²) in [5.41, 5.74) is 3.41. The van der Waals surface area contributed by atoms with Gasteiger partial charge in [-0.25, -0.2) is 4.79 Å². The van der Waals surface area contributed by atoms with E-state index in [-0.39, 0.29) is 18.3 Å². The summed E-state index contributed by atoms with van der Waals surface area (Å²) < 4.78 is 7.71. The molecule has 3 rings (SSSR count). The lowest BCUT2D eigenvalue weighted by Crippen LogP contribution is -2.16. The highest BCUT2D eigenvalue weighted by atomic mass is 16.6. The summed E-state index contributed by atoms with van der Waals surface area (Å²) in [5.74, 6) is -0.349. The Morgan fingerprint density at radius 2 is 1.85 bits per heavy atom. The first-order chi connectivity index (χ1) is 12.5. The first kappa shape index (κ1) is 18.2. The van der Waals surface area contributed by atoms with Gasteiger partial charge in [-0.1, -0.05) is 19.3 Å². The highest BCUT2D eigenvalue weighted by Crippen LogP contribution is 2.32. The molecule has 1 aromatic heterocycles. The van der Waals surface area contributed by atoms with Crippen molar-refractivity contribution in [3.63, 3.8) is 0 Å². The van der Waals surface area contributed by atoms with Crippen LogP contribution in [-0.2, 0) is 11.3 Å². The highest BCUT2D eigenvalue weighted by Gasteiger charge is 2.23. The molecule has 0 unspecified atom stereocenters. The lowest BCUT2D eigenvalue weighted by atomic mass is 9.95. The van der Waals surface area contributed by atoms with Crippen molar-refractivity contribution < 1.29 is 14.5 Å². The molecule has 138 valence electrons. The van der Waals surface area contributed by atoms with E-state index in [4.69, 9.17) is 4.74 Å². The fourth-order valence-corrected chi connectivity index (χ4v) is 3.83. The Morgan fingerprint density at radius 1 is 1.19 bits per heavy atom. The third-order valence-electron chi connectivity index (χ3n) is 5.16. The number of nitro benzene ring substituents is 1. The van der Waals surface area contributed by atoms with Gasteiger partial charge in [-0.3, -0.25) is 10.1 Å². The van der Waals surface area contributed by atoms with E-state index in [1.165, 1.54) is 31.4 Å². The second kappa shape index (κ2) is 7.72. The van der Waals surface area contributed by atoms with E-state index < -0.39 is 4.92 Å². The fourth-order valence-electron chi connectivity index (χ4n) is 3.83. The smallest absolute Gasteiger partial charge is 0.340 e. The normalized spacial score (nSPS) is 15.0. The Labute approximate surface area is 152 Å². The molecule has 0 radical (unpaired) electrons. The number of nitrogens with zero attached hydrogens (tertiary/aromatic N) is 2. The molecule has 0 spiro atoms. The van der Waals surface area contributed by atoms with Crippen LogP contribution in [0.5, 0.6) is 0 Å². The van der Waals surface area contributed by atoms with Gasteiger partial charge in [0, 0.05) is 29.6 Å². The minimum Gasteiger partial charge on any atom is -0.457 e. The number of ether oxygens (including phenoxy) is 1. The third kappa shape index (κ3) is 3.79. The van der Waals surface area contributed by atoms with Crippen LogP contribution < -0.4 is 0 Å². The average Bonchev–Trinajstić information content (AvgIpc) is 2.95. The van der Waals surface area contributed by atoms with Crippen LogP contribution >= 0.6 is 0 Å². The molecule has 1 heterocycles. The van der Waals surface area contributed by atoms with Gasteiger partial charge >= 0.3 is 5.97 Å². The summed E-state index contributed by atoms with van der Waals surface area (Å²) >= 11 is 0. The standard InChI is InChI=1S/C20H24N2O4/c1-14-12-19(15(2)21(14)17-6-4-3-5-7-17)20(23)26-13-16-8-10-18(11-9-16)22(24)25/h8-12,17H,3-7,13H2,1-2H3. The second-order valence-electron chi connectivity index (χ2n) is 6.95. The van der Waals surface area contributed by atoms with Crippen molar-refractivity contribution in [3.05, 3.63) is 63.0 Å². The minimum absolute atomic E-state index is 0.0242. The number of benzene rings is 1. The van der Waals surface area contributed by atoms with Crippen molar-refractivity contribution in [1.29, 1.82) is 0 Å². The lowest BCUT2D eigenvalue weighted by molar-refractivity contribution is -0.384. The highest BCUT2D eigenvalue weighted by molar-refractivity contribution is 5.91. The van der Waals surface area contributed by atoms with Crippen molar-refractivity contribution >= 4 is 11.7 Å². The number of aryl methyl sites for hydroxylation is 1. The molecule has 2 aromatic rings. The van der Waals surface area contributed by atoms with E-state index in [1.54, 1.807) is 12.1 Å². The van der Waals surface area contributed by atoms with Crippen molar-refractivity contribution in [3.8, 4) is 0 Å². The van der Waals surface area contributed by atoms with Gasteiger partial charge in [0.1, 0.15) is 6.61 Å². The predicted octanol–water partition coefficient (Wildman–Crippen LogP) is 4.88. The van der Waals surface area contributed by atoms with Gasteiger partial charge in [0.15, 0.2) is 0 Å². The van der Waals surface area contributed by atoms with Gasteiger partial charge < -0.3 is 9.30 Å². The molecular weight excluding hydrogens is 332 g/mol. The summed E-state index contributed by atoms with van der Waals surface area (Å²) in [6.07, 6.45) is 6.09.